The number of hydrogen-bond acceptors (Lipinski definition) is 3. The van der Waals surface area contributed by atoms with Crippen LogP contribution in [-0.2, 0) is 4.74 Å². The van der Waals surface area contributed by atoms with E-state index in [1.807, 2.05) is 0 Å². The SMILES string of the molecule is OC(COC1CCCCC1)C[NH+]1CCN(c2ccccc2)CC1. The zero-order valence-corrected chi connectivity index (χ0v) is 14.1. The van der Waals surface area contributed by atoms with Crippen molar-refractivity contribution < 1.29 is 14.7 Å². The number of ether oxygens (including phenoxy) is 1. The second kappa shape index (κ2) is 8.67. The van der Waals surface area contributed by atoms with Gasteiger partial charge in [-0.05, 0) is 25.0 Å². The van der Waals surface area contributed by atoms with Crippen molar-refractivity contribution in [3.63, 3.8) is 0 Å². The lowest BCUT2D eigenvalue weighted by atomic mass is 9.98. The number of para-hydroxylation sites is 1. The highest BCUT2D eigenvalue weighted by Crippen LogP contribution is 2.20. The molecule has 23 heavy (non-hydrogen) atoms. The fourth-order valence-electron chi connectivity index (χ4n) is 3.80. The predicted molar refractivity (Wildman–Crippen MR) is 93.1 cm³/mol. The molecule has 0 radical (unpaired) electrons. The number of piperazine rings is 1. The van der Waals surface area contributed by atoms with Crippen LogP contribution in [0.5, 0.6) is 0 Å². The van der Waals surface area contributed by atoms with Crippen molar-refractivity contribution in [1.82, 2.24) is 0 Å². The molecule has 1 aliphatic carbocycles. The molecule has 2 fully saturated rings. The van der Waals surface area contributed by atoms with E-state index in [4.69, 9.17) is 4.74 Å². The van der Waals surface area contributed by atoms with Gasteiger partial charge in [-0.25, -0.2) is 0 Å². The van der Waals surface area contributed by atoms with Crippen molar-refractivity contribution in [3.8, 4) is 0 Å². The first kappa shape index (κ1) is 16.7. The smallest absolute Gasteiger partial charge is 0.126 e. The average Bonchev–Trinajstić information content (AvgIpc) is 2.62. The maximum Gasteiger partial charge on any atom is 0.126 e. The van der Waals surface area contributed by atoms with E-state index in [0.29, 0.717) is 12.7 Å². The number of nitrogens with zero attached hydrogens (tertiary/aromatic N) is 1. The Morgan fingerprint density at radius 2 is 1.78 bits per heavy atom. The van der Waals surface area contributed by atoms with Crippen LogP contribution in [0.25, 0.3) is 0 Å². The molecule has 1 aromatic carbocycles. The Balaban J connectivity index is 1.35. The summed E-state index contributed by atoms with van der Waals surface area (Å²) in [6.45, 7) is 5.64. The molecule has 4 heteroatoms. The highest BCUT2D eigenvalue weighted by Gasteiger charge is 2.23. The number of anilines is 1. The van der Waals surface area contributed by atoms with Crippen molar-refractivity contribution in [2.24, 2.45) is 0 Å². The Hall–Kier alpha value is -1.10. The number of rotatable bonds is 6. The molecule has 1 unspecified atom stereocenters. The van der Waals surface area contributed by atoms with E-state index >= 15 is 0 Å². The van der Waals surface area contributed by atoms with Crippen LogP contribution in [0.4, 0.5) is 5.69 Å². The molecule has 0 bridgehead atoms. The fourth-order valence-corrected chi connectivity index (χ4v) is 3.80. The third kappa shape index (κ3) is 5.20. The Kier molecular flexibility index (Phi) is 6.31. The van der Waals surface area contributed by atoms with Crippen LogP contribution in [-0.4, -0.2) is 56.6 Å². The number of hydrogen-bond donors (Lipinski definition) is 2. The first-order chi connectivity index (χ1) is 11.3. The first-order valence-corrected chi connectivity index (χ1v) is 9.24. The molecule has 1 saturated heterocycles. The first-order valence-electron chi connectivity index (χ1n) is 9.24. The van der Waals surface area contributed by atoms with E-state index in [0.717, 1.165) is 32.7 Å². The van der Waals surface area contributed by atoms with Gasteiger partial charge in [-0.1, -0.05) is 37.5 Å². The predicted octanol–water partition coefficient (Wildman–Crippen LogP) is 1.10. The summed E-state index contributed by atoms with van der Waals surface area (Å²) in [5, 5.41) is 10.3. The van der Waals surface area contributed by atoms with Gasteiger partial charge in [0.25, 0.3) is 0 Å². The fraction of sp³-hybridized carbons (Fsp3) is 0.684. The van der Waals surface area contributed by atoms with Crippen molar-refractivity contribution in [1.29, 1.82) is 0 Å². The second-order valence-electron chi connectivity index (χ2n) is 7.02. The highest BCUT2D eigenvalue weighted by molar-refractivity contribution is 5.45. The van der Waals surface area contributed by atoms with Crippen molar-refractivity contribution in [2.75, 3.05) is 44.2 Å². The molecule has 1 heterocycles. The summed E-state index contributed by atoms with van der Waals surface area (Å²) in [5.41, 5.74) is 1.31. The van der Waals surface area contributed by atoms with E-state index in [9.17, 15) is 5.11 Å². The summed E-state index contributed by atoms with van der Waals surface area (Å²) < 4.78 is 5.90. The van der Waals surface area contributed by atoms with Gasteiger partial charge in [0.1, 0.15) is 12.6 Å². The zero-order chi connectivity index (χ0) is 15.9. The Labute approximate surface area is 140 Å². The Morgan fingerprint density at radius 1 is 1.09 bits per heavy atom. The van der Waals surface area contributed by atoms with Gasteiger partial charge in [0.2, 0.25) is 0 Å². The van der Waals surface area contributed by atoms with Gasteiger partial charge in [0.15, 0.2) is 0 Å². The maximum atomic E-state index is 10.3. The van der Waals surface area contributed by atoms with Crippen molar-refractivity contribution >= 4 is 5.69 Å². The van der Waals surface area contributed by atoms with Crippen molar-refractivity contribution in [3.05, 3.63) is 30.3 Å². The van der Waals surface area contributed by atoms with Gasteiger partial charge in [-0.3, -0.25) is 0 Å². The molecule has 2 N–H and O–H groups in total. The largest absolute Gasteiger partial charge is 0.385 e. The zero-order valence-electron chi connectivity index (χ0n) is 14.1. The monoisotopic (exact) mass is 319 g/mol. The van der Waals surface area contributed by atoms with Gasteiger partial charge in [-0.15, -0.1) is 0 Å². The lowest BCUT2D eigenvalue weighted by molar-refractivity contribution is -0.903. The Morgan fingerprint density at radius 3 is 2.48 bits per heavy atom. The molecule has 1 aromatic rings. The minimum absolute atomic E-state index is 0.324. The normalized spacial score (nSPS) is 22.2. The van der Waals surface area contributed by atoms with Crippen LogP contribution in [0.3, 0.4) is 0 Å². The number of nitrogens with one attached hydrogen (secondary N) is 1. The molecule has 0 spiro atoms. The molecule has 2 aliphatic rings. The quantitative estimate of drug-likeness (QED) is 0.825. The molecule has 0 aromatic heterocycles. The summed E-state index contributed by atoms with van der Waals surface area (Å²) in [6, 6.07) is 10.6. The van der Waals surface area contributed by atoms with Crippen LogP contribution >= 0.6 is 0 Å². The summed E-state index contributed by atoms with van der Waals surface area (Å²) in [7, 11) is 0. The van der Waals surface area contributed by atoms with E-state index in [1.165, 1.54) is 42.7 Å². The van der Waals surface area contributed by atoms with Crippen molar-refractivity contribution in [2.45, 2.75) is 44.3 Å². The summed E-state index contributed by atoms with van der Waals surface area (Å²) in [5.74, 6) is 0. The lowest BCUT2D eigenvalue weighted by Gasteiger charge is -2.34. The van der Waals surface area contributed by atoms with Gasteiger partial charge >= 0.3 is 0 Å². The summed E-state index contributed by atoms with van der Waals surface area (Å²) in [6.07, 6.45) is 6.34. The highest BCUT2D eigenvalue weighted by atomic mass is 16.5. The third-order valence-corrected chi connectivity index (χ3v) is 5.19. The molecule has 128 valence electrons. The molecular formula is C19H31N2O2+. The third-order valence-electron chi connectivity index (χ3n) is 5.19. The van der Waals surface area contributed by atoms with Crippen LogP contribution in [0.2, 0.25) is 0 Å². The number of aliphatic hydroxyl groups excluding tert-OH is 1. The molecule has 0 amide bonds. The van der Waals surface area contributed by atoms with E-state index in [2.05, 4.69) is 35.2 Å². The van der Waals surface area contributed by atoms with E-state index < -0.39 is 0 Å². The second-order valence-corrected chi connectivity index (χ2v) is 7.02. The minimum Gasteiger partial charge on any atom is -0.385 e. The number of benzene rings is 1. The van der Waals surface area contributed by atoms with Crippen LogP contribution in [0.1, 0.15) is 32.1 Å². The minimum atomic E-state index is -0.324. The standard InChI is InChI=1S/C19H30N2O2/c22-18(16-23-19-9-5-2-6-10-19)15-20-11-13-21(14-12-20)17-7-3-1-4-8-17/h1,3-4,7-8,18-19,22H,2,5-6,9-16H2/p+1. The average molecular weight is 319 g/mol. The van der Waals surface area contributed by atoms with E-state index in [-0.39, 0.29) is 6.10 Å². The summed E-state index contributed by atoms with van der Waals surface area (Å²) >= 11 is 0. The molecule has 1 aliphatic heterocycles. The molecule has 4 nitrogen and oxygen atoms in total. The van der Waals surface area contributed by atoms with Crippen LogP contribution in [0.15, 0.2) is 30.3 Å². The topological polar surface area (TPSA) is 37.1 Å². The summed E-state index contributed by atoms with van der Waals surface area (Å²) in [4.78, 5) is 3.94. The Bertz CT molecular complexity index is 440. The van der Waals surface area contributed by atoms with Gasteiger partial charge in [0, 0.05) is 5.69 Å². The maximum absolute atomic E-state index is 10.3. The van der Waals surface area contributed by atoms with Crippen LogP contribution < -0.4 is 9.80 Å². The lowest BCUT2D eigenvalue weighted by Crippen LogP contribution is -3.16. The number of quaternary nitrogens is 1. The van der Waals surface area contributed by atoms with E-state index in [1.54, 1.807) is 0 Å². The van der Waals surface area contributed by atoms with Gasteiger partial charge in [0.05, 0.1) is 38.9 Å². The number of aliphatic hydroxyl groups is 1. The van der Waals surface area contributed by atoms with Crippen LogP contribution in [0, 0.1) is 0 Å². The molecule has 1 saturated carbocycles. The molecular weight excluding hydrogens is 288 g/mol. The van der Waals surface area contributed by atoms with Gasteiger partial charge in [-0.2, -0.15) is 0 Å². The molecule has 1 atom stereocenters. The van der Waals surface area contributed by atoms with Gasteiger partial charge < -0.3 is 19.6 Å². The molecule has 3 rings (SSSR count).